The van der Waals surface area contributed by atoms with E-state index in [2.05, 4.69) is 63.0 Å². The molecule has 25 heavy (non-hydrogen) atoms. The van der Waals surface area contributed by atoms with Crippen molar-refractivity contribution in [1.29, 1.82) is 0 Å². The number of rotatable bonds is 4. The van der Waals surface area contributed by atoms with E-state index in [0.717, 1.165) is 21.2 Å². The molecule has 1 heterocycles. The van der Waals surface area contributed by atoms with Crippen molar-refractivity contribution in [3.05, 3.63) is 26.6 Å². The van der Waals surface area contributed by atoms with Gasteiger partial charge in [-0.1, -0.05) is 28.8 Å². The van der Waals surface area contributed by atoms with Crippen LogP contribution in [0.1, 0.15) is 62.8 Å². The van der Waals surface area contributed by atoms with E-state index in [1.54, 1.807) is 0 Å². The van der Waals surface area contributed by atoms with Gasteiger partial charge in [0.15, 0.2) is 0 Å². The van der Waals surface area contributed by atoms with Crippen LogP contribution in [-0.4, -0.2) is 36.6 Å². The molecule has 0 saturated heterocycles. The minimum absolute atomic E-state index is 0. The third-order valence-electron chi connectivity index (χ3n) is 5.40. The van der Waals surface area contributed by atoms with Crippen molar-refractivity contribution in [2.75, 3.05) is 20.6 Å². The predicted octanol–water partition coefficient (Wildman–Crippen LogP) is 5.72. The lowest BCUT2D eigenvalue weighted by Gasteiger charge is -2.34. The molecule has 2 N–H and O–H groups in total. The fourth-order valence-corrected chi connectivity index (χ4v) is 5.65. The Bertz CT molecular complexity index is 561. The molecule has 1 spiro atoms. The van der Waals surface area contributed by atoms with Crippen LogP contribution in [0.15, 0.2) is 21.1 Å². The monoisotopic (exact) mass is 497 g/mol. The molecule has 0 radical (unpaired) electrons. The van der Waals surface area contributed by atoms with Gasteiger partial charge in [0, 0.05) is 16.0 Å². The van der Waals surface area contributed by atoms with Crippen LogP contribution in [0.4, 0.5) is 0 Å². The lowest BCUT2D eigenvalue weighted by atomic mass is 9.76. The highest BCUT2D eigenvalue weighted by atomic mass is 79.9. The largest absolute Gasteiger partial charge is 0.485 e. The number of fused-ring (bicyclic) bond motifs is 1. The lowest BCUT2D eigenvalue weighted by Crippen LogP contribution is -2.38. The van der Waals surface area contributed by atoms with Gasteiger partial charge in [0.2, 0.25) is 0 Å². The van der Waals surface area contributed by atoms with Crippen molar-refractivity contribution in [3.8, 4) is 5.75 Å². The minimum atomic E-state index is 0. The van der Waals surface area contributed by atoms with Crippen LogP contribution >= 0.6 is 44.3 Å². The van der Waals surface area contributed by atoms with E-state index < -0.39 is 0 Å². The molecule has 1 aromatic rings. The number of nitrogens with zero attached hydrogens (tertiary/aromatic N) is 1. The third-order valence-corrected chi connectivity index (χ3v) is 6.45. The highest BCUT2D eigenvalue weighted by molar-refractivity contribution is 9.11. The summed E-state index contributed by atoms with van der Waals surface area (Å²) in [5.74, 6) is 1.63. The van der Waals surface area contributed by atoms with Crippen LogP contribution in [0, 0.1) is 0 Å². The van der Waals surface area contributed by atoms with E-state index in [1.165, 1.54) is 56.9 Å². The molecular formula is C19H30Br2ClNO2. The van der Waals surface area contributed by atoms with E-state index in [9.17, 15) is 0 Å². The van der Waals surface area contributed by atoms with Crippen LogP contribution < -0.4 is 4.74 Å². The van der Waals surface area contributed by atoms with Crippen molar-refractivity contribution in [2.24, 2.45) is 0 Å². The maximum absolute atomic E-state index is 6.69. The summed E-state index contributed by atoms with van der Waals surface area (Å²) in [5.41, 5.74) is 1.45. The molecule has 1 saturated carbocycles. The van der Waals surface area contributed by atoms with E-state index in [-0.39, 0.29) is 23.5 Å². The van der Waals surface area contributed by atoms with E-state index in [4.69, 9.17) is 4.74 Å². The number of halogens is 3. The van der Waals surface area contributed by atoms with Gasteiger partial charge < -0.3 is 15.1 Å². The maximum atomic E-state index is 6.69. The van der Waals surface area contributed by atoms with Gasteiger partial charge in [-0.15, -0.1) is 12.4 Å². The first kappa shape index (κ1) is 23.2. The fraction of sp³-hybridized carbons (Fsp3) is 0.684. The molecule has 1 aliphatic carbocycles. The SMILES string of the molecule is CN(C)CCCC1c2cc(Br)cc(Br)c2OC12CCCCCC2.Cl.O. The Morgan fingerprint density at radius 1 is 1.12 bits per heavy atom. The highest BCUT2D eigenvalue weighted by Gasteiger charge is 2.48. The molecule has 0 amide bonds. The molecule has 6 heteroatoms. The van der Waals surface area contributed by atoms with E-state index >= 15 is 0 Å². The van der Waals surface area contributed by atoms with Crippen molar-refractivity contribution in [2.45, 2.75) is 62.9 Å². The maximum Gasteiger partial charge on any atom is 0.138 e. The second kappa shape index (κ2) is 9.93. The summed E-state index contributed by atoms with van der Waals surface area (Å²) in [6.07, 6.45) is 10.2. The zero-order valence-electron chi connectivity index (χ0n) is 15.1. The Labute approximate surface area is 174 Å². The van der Waals surface area contributed by atoms with Gasteiger partial charge >= 0.3 is 0 Å². The molecular weight excluding hydrogens is 469 g/mol. The normalized spacial score (nSPS) is 21.1. The second-order valence-electron chi connectivity index (χ2n) is 7.39. The van der Waals surface area contributed by atoms with Crippen LogP contribution in [0.3, 0.4) is 0 Å². The van der Waals surface area contributed by atoms with Gasteiger partial charge in [-0.05, 0) is 87.2 Å². The molecule has 0 bridgehead atoms. The number of hydrogen-bond donors (Lipinski definition) is 0. The standard InChI is InChI=1S/C19H27Br2NO.ClH.H2O/c1-22(2)11-7-8-16-15-12-14(20)13-17(21)18(15)23-19(16)9-5-3-4-6-10-19;;/h12-13,16H,3-11H2,1-2H3;1H;1H2. The third kappa shape index (κ3) is 5.13. The van der Waals surface area contributed by atoms with Crippen molar-refractivity contribution < 1.29 is 10.2 Å². The summed E-state index contributed by atoms with van der Waals surface area (Å²) < 4.78 is 8.94. The van der Waals surface area contributed by atoms with Crippen LogP contribution in [0.2, 0.25) is 0 Å². The molecule has 2 aliphatic rings. The zero-order chi connectivity index (χ0) is 16.4. The summed E-state index contributed by atoms with van der Waals surface area (Å²) in [6.45, 7) is 1.15. The van der Waals surface area contributed by atoms with E-state index in [1.807, 2.05) is 0 Å². The Hall–Kier alpha value is 0.190. The Balaban J connectivity index is 0.00000156. The first-order chi connectivity index (χ1) is 11.0. The smallest absolute Gasteiger partial charge is 0.138 e. The fourth-order valence-electron chi connectivity index (χ4n) is 4.31. The molecule has 3 nitrogen and oxygen atoms in total. The van der Waals surface area contributed by atoms with Gasteiger partial charge in [-0.3, -0.25) is 0 Å². The topological polar surface area (TPSA) is 44.0 Å². The van der Waals surface area contributed by atoms with Crippen LogP contribution in [0.5, 0.6) is 5.75 Å². The second-order valence-corrected chi connectivity index (χ2v) is 9.16. The number of benzene rings is 1. The summed E-state index contributed by atoms with van der Waals surface area (Å²) in [5, 5.41) is 0. The summed E-state index contributed by atoms with van der Waals surface area (Å²) in [7, 11) is 4.32. The van der Waals surface area contributed by atoms with Gasteiger partial charge in [0.25, 0.3) is 0 Å². The lowest BCUT2D eigenvalue weighted by molar-refractivity contribution is 0.0467. The number of ether oxygens (including phenoxy) is 1. The molecule has 3 rings (SSSR count). The van der Waals surface area contributed by atoms with E-state index in [0.29, 0.717) is 5.92 Å². The Morgan fingerprint density at radius 2 is 1.76 bits per heavy atom. The van der Waals surface area contributed by atoms with Crippen molar-refractivity contribution >= 4 is 44.3 Å². The average Bonchev–Trinajstić information content (AvgIpc) is 2.64. The Kier molecular flexibility index (Phi) is 9.23. The Morgan fingerprint density at radius 3 is 2.36 bits per heavy atom. The van der Waals surface area contributed by atoms with Gasteiger partial charge in [-0.2, -0.15) is 0 Å². The van der Waals surface area contributed by atoms with Crippen LogP contribution in [0.25, 0.3) is 0 Å². The average molecular weight is 500 g/mol. The summed E-state index contributed by atoms with van der Waals surface area (Å²) in [6, 6.07) is 4.41. The quantitative estimate of drug-likeness (QED) is 0.532. The molecule has 1 aliphatic heterocycles. The van der Waals surface area contributed by atoms with Gasteiger partial charge in [-0.25, -0.2) is 0 Å². The molecule has 1 aromatic carbocycles. The molecule has 144 valence electrons. The minimum Gasteiger partial charge on any atom is -0.485 e. The predicted molar refractivity (Wildman–Crippen MR) is 114 cm³/mol. The van der Waals surface area contributed by atoms with Gasteiger partial charge in [0.05, 0.1) is 4.47 Å². The molecule has 1 fully saturated rings. The molecule has 1 atom stereocenters. The molecule has 1 unspecified atom stereocenters. The molecule has 0 aromatic heterocycles. The highest BCUT2D eigenvalue weighted by Crippen LogP contribution is 2.55. The zero-order valence-corrected chi connectivity index (χ0v) is 19.1. The van der Waals surface area contributed by atoms with Gasteiger partial charge in [0.1, 0.15) is 11.4 Å². The van der Waals surface area contributed by atoms with Crippen molar-refractivity contribution in [3.63, 3.8) is 0 Å². The van der Waals surface area contributed by atoms with Crippen molar-refractivity contribution in [1.82, 2.24) is 4.90 Å². The summed E-state index contributed by atoms with van der Waals surface area (Å²) in [4.78, 5) is 2.29. The first-order valence-corrected chi connectivity index (χ1v) is 10.4. The first-order valence-electron chi connectivity index (χ1n) is 8.84. The number of hydrogen-bond acceptors (Lipinski definition) is 2. The van der Waals surface area contributed by atoms with Crippen LogP contribution in [-0.2, 0) is 0 Å². The summed E-state index contributed by atoms with van der Waals surface area (Å²) >= 11 is 7.39.